The number of hydrogen-bond acceptors (Lipinski definition) is 3. The van der Waals surface area contributed by atoms with Crippen LogP contribution in [0.25, 0.3) is 0 Å². The van der Waals surface area contributed by atoms with Gasteiger partial charge in [0.1, 0.15) is 16.7 Å². The molecule has 1 heterocycles. The molecule has 21 heavy (non-hydrogen) atoms. The second kappa shape index (κ2) is 6.54. The fraction of sp³-hybridized carbons (Fsp3) is 0.312. The normalized spacial score (nSPS) is 11.7. The van der Waals surface area contributed by atoms with Gasteiger partial charge in [-0.05, 0) is 50.6 Å². The van der Waals surface area contributed by atoms with Gasteiger partial charge in [-0.1, -0.05) is 17.8 Å². The molecule has 0 saturated carbocycles. The van der Waals surface area contributed by atoms with Gasteiger partial charge in [0, 0.05) is 18.3 Å². The molecule has 2 nitrogen and oxygen atoms in total. The molecule has 0 aliphatic carbocycles. The number of aromatic nitrogens is 1. The Morgan fingerprint density at radius 1 is 1.19 bits per heavy atom. The molecule has 0 bridgehead atoms. The SMILES string of the molecule is CC(C)(C)NCc1cccnc1Sc1cc(F)ccc1F. The highest BCUT2D eigenvalue weighted by Crippen LogP contribution is 2.31. The summed E-state index contributed by atoms with van der Waals surface area (Å²) in [4.78, 5) is 4.52. The van der Waals surface area contributed by atoms with E-state index in [0.29, 0.717) is 11.6 Å². The molecule has 0 radical (unpaired) electrons. The van der Waals surface area contributed by atoms with E-state index in [0.717, 1.165) is 29.5 Å². The summed E-state index contributed by atoms with van der Waals surface area (Å²) in [6.07, 6.45) is 1.65. The van der Waals surface area contributed by atoms with Gasteiger partial charge in [-0.2, -0.15) is 0 Å². The van der Waals surface area contributed by atoms with Crippen LogP contribution in [0.5, 0.6) is 0 Å². The molecule has 1 aromatic carbocycles. The third-order valence-electron chi connectivity index (χ3n) is 2.76. The third-order valence-corrected chi connectivity index (χ3v) is 3.85. The minimum Gasteiger partial charge on any atom is -0.308 e. The van der Waals surface area contributed by atoms with Gasteiger partial charge in [-0.25, -0.2) is 13.8 Å². The van der Waals surface area contributed by atoms with Crippen molar-refractivity contribution in [3.63, 3.8) is 0 Å². The quantitative estimate of drug-likeness (QED) is 0.906. The summed E-state index contributed by atoms with van der Waals surface area (Å²) in [5, 5.41) is 4.05. The van der Waals surface area contributed by atoms with Crippen LogP contribution in [0.4, 0.5) is 8.78 Å². The van der Waals surface area contributed by atoms with E-state index in [-0.39, 0.29) is 10.4 Å². The molecule has 0 aliphatic heterocycles. The first-order valence-corrected chi connectivity index (χ1v) is 7.48. The number of halogens is 2. The smallest absolute Gasteiger partial charge is 0.137 e. The summed E-state index contributed by atoms with van der Waals surface area (Å²) in [6.45, 7) is 6.84. The topological polar surface area (TPSA) is 24.9 Å². The number of nitrogens with one attached hydrogen (secondary N) is 1. The Kier molecular flexibility index (Phi) is 4.96. The summed E-state index contributed by atoms with van der Waals surface area (Å²) < 4.78 is 27.0. The highest BCUT2D eigenvalue weighted by Gasteiger charge is 2.13. The van der Waals surface area contributed by atoms with Crippen LogP contribution in [0.15, 0.2) is 46.5 Å². The third kappa shape index (κ3) is 4.79. The van der Waals surface area contributed by atoms with Crippen molar-refractivity contribution in [3.05, 3.63) is 53.7 Å². The fourth-order valence-electron chi connectivity index (χ4n) is 1.67. The van der Waals surface area contributed by atoms with Gasteiger partial charge in [-0.3, -0.25) is 0 Å². The van der Waals surface area contributed by atoms with Gasteiger partial charge in [0.25, 0.3) is 0 Å². The lowest BCUT2D eigenvalue weighted by atomic mass is 10.1. The molecule has 5 heteroatoms. The largest absolute Gasteiger partial charge is 0.308 e. The van der Waals surface area contributed by atoms with E-state index in [1.54, 1.807) is 6.20 Å². The van der Waals surface area contributed by atoms with Crippen molar-refractivity contribution in [2.75, 3.05) is 0 Å². The van der Waals surface area contributed by atoms with Crippen LogP contribution in [0.1, 0.15) is 26.3 Å². The fourth-order valence-corrected chi connectivity index (χ4v) is 2.60. The van der Waals surface area contributed by atoms with Gasteiger partial charge < -0.3 is 5.32 Å². The molecule has 2 aromatic rings. The zero-order chi connectivity index (χ0) is 15.5. The number of nitrogens with zero attached hydrogens (tertiary/aromatic N) is 1. The second-order valence-corrected chi connectivity index (χ2v) is 6.78. The van der Waals surface area contributed by atoms with Crippen LogP contribution in [-0.4, -0.2) is 10.5 Å². The first-order valence-electron chi connectivity index (χ1n) is 6.67. The van der Waals surface area contributed by atoms with Gasteiger partial charge >= 0.3 is 0 Å². The lowest BCUT2D eigenvalue weighted by molar-refractivity contribution is 0.422. The molecule has 0 aliphatic rings. The Hall–Kier alpha value is -1.46. The summed E-state index contributed by atoms with van der Waals surface area (Å²) in [7, 11) is 0. The highest BCUT2D eigenvalue weighted by molar-refractivity contribution is 7.99. The zero-order valence-corrected chi connectivity index (χ0v) is 13.1. The number of rotatable bonds is 4. The van der Waals surface area contributed by atoms with Crippen molar-refractivity contribution < 1.29 is 8.78 Å². The Morgan fingerprint density at radius 2 is 1.95 bits per heavy atom. The second-order valence-electron chi connectivity index (χ2n) is 5.75. The molecule has 0 saturated heterocycles. The van der Waals surface area contributed by atoms with E-state index < -0.39 is 11.6 Å². The van der Waals surface area contributed by atoms with Crippen molar-refractivity contribution in [1.29, 1.82) is 0 Å². The highest BCUT2D eigenvalue weighted by atomic mass is 32.2. The Balaban J connectivity index is 2.22. The van der Waals surface area contributed by atoms with Crippen LogP contribution in [0, 0.1) is 11.6 Å². The minimum atomic E-state index is -0.454. The molecule has 0 spiro atoms. The van der Waals surface area contributed by atoms with E-state index in [2.05, 4.69) is 31.1 Å². The van der Waals surface area contributed by atoms with E-state index >= 15 is 0 Å². The van der Waals surface area contributed by atoms with Crippen LogP contribution in [-0.2, 0) is 6.54 Å². The van der Waals surface area contributed by atoms with E-state index in [9.17, 15) is 8.78 Å². The van der Waals surface area contributed by atoms with Gasteiger partial charge in [0.15, 0.2) is 0 Å². The van der Waals surface area contributed by atoms with Crippen molar-refractivity contribution in [1.82, 2.24) is 10.3 Å². The van der Waals surface area contributed by atoms with Gasteiger partial charge in [0.05, 0.1) is 4.90 Å². The standard InChI is InChI=1S/C16H18F2N2S/c1-16(2,3)20-10-11-5-4-8-19-15(11)21-14-9-12(17)6-7-13(14)18/h4-9,20H,10H2,1-3H3. The summed E-state index contributed by atoms with van der Waals surface area (Å²) in [5.41, 5.74) is 0.933. The molecular weight excluding hydrogens is 290 g/mol. The molecular formula is C16H18F2N2S. The molecule has 0 fully saturated rings. The molecule has 0 amide bonds. The lowest BCUT2D eigenvalue weighted by Gasteiger charge is -2.21. The predicted molar refractivity (Wildman–Crippen MR) is 81.3 cm³/mol. The van der Waals surface area contributed by atoms with E-state index in [4.69, 9.17) is 0 Å². The van der Waals surface area contributed by atoms with Crippen molar-refractivity contribution in [2.24, 2.45) is 0 Å². The van der Waals surface area contributed by atoms with Crippen LogP contribution < -0.4 is 5.32 Å². The average molecular weight is 308 g/mol. The number of pyridine rings is 1. The summed E-state index contributed by atoms with van der Waals surface area (Å²) in [5.74, 6) is -0.897. The van der Waals surface area contributed by atoms with Crippen molar-refractivity contribution in [3.8, 4) is 0 Å². The van der Waals surface area contributed by atoms with Gasteiger partial charge in [-0.15, -0.1) is 0 Å². The van der Waals surface area contributed by atoms with E-state index in [1.165, 1.54) is 6.07 Å². The first kappa shape index (κ1) is 15.9. The molecule has 112 valence electrons. The van der Waals surface area contributed by atoms with Crippen LogP contribution in [0.2, 0.25) is 0 Å². The van der Waals surface area contributed by atoms with Gasteiger partial charge in [0.2, 0.25) is 0 Å². The monoisotopic (exact) mass is 308 g/mol. The predicted octanol–water partition coefficient (Wildman–Crippen LogP) is 4.40. The maximum absolute atomic E-state index is 13.7. The Bertz CT molecular complexity index is 624. The summed E-state index contributed by atoms with van der Waals surface area (Å²) in [6, 6.07) is 7.21. The zero-order valence-electron chi connectivity index (χ0n) is 12.3. The first-order chi connectivity index (χ1) is 9.85. The Morgan fingerprint density at radius 3 is 2.67 bits per heavy atom. The summed E-state index contributed by atoms with van der Waals surface area (Å²) >= 11 is 1.14. The average Bonchev–Trinajstić information content (AvgIpc) is 2.41. The molecule has 2 rings (SSSR count). The van der Waals surface area contributed by atoms with Crippen molar-refractivity contribution >= 4 is 11.8 Å². The minimum absolute atomic E-state index is 0.0259. The maximum Gasteiger partial charge on any atom is 0.137 e. The molecule has 0 atom stereocenters. The Labute approximate surface area is 128 Å². The van der Waals surface area contributed by atoms with Crippen LogP contribution >= 0.6 is 11.8 Å². The van der Waals surface area contributed by atoms with Crippen molar-refractivity contribution in [2.45, 2.75) is 42.8 Å². The lowest BCUT2D eigenvalue weighted by Crippen LogP contribution is -2.35. The van der Waals surface area contributed by atoms with Crippen LogP contribution in [0.3, 0.4) is 0 Å². The van der Waals surface area contributed by atoms with E-state index in [1.807, 2.05) is 12.1 Å². The maximum atomic E-state index is 13.7. The molecule has 1 aromatic heterocycles. The molecule has 0 unspecified atom stereocenters. The molecule has 1 N–H and O–H groups in total. The number of hydrogen-bond donors (Lipinski definition) is 1. The number of benzene rings is 1.